The average Bonchev–Trinajstić information content (AvgIpc) is 2.77. The number of thioether (sulfide) groups is 1. The molecule has 0 spiro atoms. The van der Waals surface area contributed by atoms with E-state index in [4.69, 9.17) is 5.11 Å². The summed E-state index contributed by atoms with van der Waals surface area (Å²) in [6.45, 7) is 3.62. The third-order valence-electron chi connectivity index (χ3n) is 3.65. The van der Waals surface area contributed by atoms with Gasteiger partial charge in [0.1, 0.15) is 6.04 Å². The number of amides is 1. The number of carbonyl (C=O) groups excluding carboxylic acids is 1. The van der Waals surface area contributed by atoms with Crippen molar-refractivity contribution in [1.82, 2.24) is 10.2 Å². The van der Waals surface area contributed by atoms with Crippen LogP contribution in [-0.4, -0.2) is 52.6 Å². The van der Waals surface area contributed by atoms with Crippen molar-refractivity contribution in [1.29, 1.82) is 0 Å². The maximum Gasteiger partial charge on any atom is 0.327 e. The smallest absolute Gasteiger partial charge is 0.327 e. The zero-order valence-electron chi connectivity index (χ0n) is 9.94. The fourth-order valence-corrected chi connectivity index (χ4v) is 3.53. The van der Waals surface area contributed by atoms with E-state index in [1.54, 1.807) is 4.90 Å². The van der Waals surface area contributed by atoms with Crippen LogP contribution in [-0.2, 0) is 9.59 Å². The number of nitrogens with one attached hydrogen (secondary N) is 1. The maximum atomic E-state index is 12.5. The van der Waals surface area contributed by atoms with Gasteiger partial charge in [-0.3, -0.25) is 4.79 Å². The molecule has 2 rings (SSSR count). The molecule has 0 aromatic carbocycles. The van der Waals surface area contributed by atoms with Gasteiger partial charge in [-0.05, 0) is 25.9 Å². The lowest BCUT2D eigenvalue weighted by molar-refractivity contribution is -0.153. The molecule has 0 aromatic heterocycles. The summed E-state index contributed by atoms with van der Waals surface area (Å²) in [6.07, 6.45) is 1.58. The Morgan fingerprint density at radius 1 is 1.41 bits per heavy atom. The standard InChI is InChI=1S/C11H18N2O3S/c1-11(2-4-12-5-3-11)10(16)13-7-17-6-8(13)9(14)15/h8,12H,2-7H2,1H3,(H,14,15). The van der Waals surface area contributed by atoms with Crippen molar-refractivity contribution >= 4 is 23.6 Å². The van der Waals surface area contributed by atoms with E-state index in [0.717, 1.165) is 25.9 Å². The molecule has 0 aromatic rings. The molecule has 0 radical (unpaired) electrons. The van der Waals surface area contributed by atoms with E-state index in [9.17, 15) is 9.59 Å². The van der Waals surface area contributed by atoms with Crippen LogP contribution < -0.4 is 5.32 Å². The number of hydrogen-bond acceptors (Lipinski definition) is 4. The number of aliphatic carboxylic acids is 1. The minimum Gasteiger partial charge on any atom is -0.480 e. The van der Waals surface area contributed by atoms with Crippen molar-refractivity contribution in [2.45, 2.75) is 25.8 Å². The Labute approximate surface area is 105 Å². The van der Waals surface area contributed by atoms with Crippen molar-refractivity contribution < 1.29 is 14.7 Å². The molecule has 2 heterocycles. The van der Waals surface area contributed by atoms with Gasteiger partial charge < -0.3 is 15.3 Å². The summed E-state index contributed by atoms with van der Waals surface area (Å²) in [4.78, 5) is 25.1. The Hall–Kier alpha value is -0.750. The van der Waals surface area contributed by atoms with Gasteiger partial charge in [0.2, 0.25) is 5.91 Å². The molecule has 0 bridgehead atoms. The third-order valence-corrected chi connectivity index (χ3v) is 4.66. The number of hydrogen-bond donors (Lipinski definition) is 2. The number of piperidine rings is 1. The summed E-state index contributed by atoms with van der Waals surface area (Å²) in [5.74, 6) is 0.145. The van der Waals surface area contributed by atoms with Crippen LogP contribution in [0.3, 0.4) is 0 Å². The van der Waals surface area contributed by atoms with E-state index in [-0.39, 0.29) is 11.3 Å². The van der Waals surface area contributed by atoms with Gasteiger partial charge in [0, 0.05) is 11.2 Å². The van der Waals surface area contributed by atoms with E-state index in [2.05, 4.69) is 5.32 Å². The van der Waals surface area contributed by atoms with Gasteiger partial charge >= 0.3 is 5.97 Å². The lowest BCUT2D eigenvalue weighted by atomic mass is 9.79. The molecule has 2 N–H and O–H groups in total. The summed E-state index contributed by atoms with van der Waals surface area (Å²) in [6, 6.07) is -0.640. The van der Waals surface area contributed by atoms with Crippen molar-refractivity contribution in [3.05, 3.63) is 0 Å². The molecule has 0 saturated carbocycles. The molecule has 1 atom stereocenters. The number of carboxylic acid groups (broad SMARTS) is 1. The zero-order chi connectivity index (χ0) is 12.5. The fraction of sp³-hybridized carbons (Fsp3) is 0.818. The first-order chi connectivity index (χ1) is 8.04. The molecule has 17 heavy (non-hydrogen) atoms. The van der Waals surface area contributed by atoms with Crippen molar-refractivity contribution in [3.63, 3.8) is 0 Å². The predicted octanol–water partition coefficient (Wildman–Crippen LogP) is 0.362. The van der Waals surface area contributed by atoms with Crippen LogP contribution in [0.2, 0.25) is 0 Å². The van der Waals surface area contributed by atoms with Crippen molar-refractivity contribution in [2.24, 2.45) is 5.41 Å². The van der Waals surface area contributed by atoms with Gasteiger partial charge in [-0.2, -0.15) is 0 Å². The second-order valence-electron chi connectivity index (χ2n) is 4.94. The number of nitrogens with zero attached hydrogens (tertiary/aromatic N) is 1. The average molecular weight is 258 g/mol. The molecule has 2 aliphatic heterocycles. The first kappa shape index (κ1) is 12.7. The Kier molecular flexibility index (Phi) is 3.63. The van der Waals surface area contributed by atoms with E-state index < -0.39 is 12.0 Å². The Morgan fingerprint density at radius 3 is 2.65 bits per heavy atom. The summed E-state index contributed by atoms with van der Waals surface area (Å²) >= 11 is 1.52. The molecule has 6 heteroatoms. The molecular formula is C11H18N2O3S. The Morgan fingerprint density at radius 2 is 2.06 bits per heavy atom. The molecular weight excluding hydrogens is 240 g/mol. The minimum atomic E-state index is -0.888. The van der Waals surface area contributed by atoms with E-state index in [1.165, 1.54) is 11.8 Å². The summed E-state index contributed by atoms with van der Waals surface area (Å²) in [5.41, 5.74) is -0.385. The van der Waals surface area contributed by atoms with Gasteiger partial charge in [-0.15, -0.1) is 11.8 Å². The highest BCUT2D eigenvalue weighted by molar-refractivity contribution is 7.99. The largest absolute Gasteiger partial charge is 0.480 e. The van der Waals surface area contributed by atoms with Gasteiger partial charge in [0.25, 0.3) is 0 Å². The monoisotopic (exact) mass is 258 g/mol. The molecule has 1 unspecified atom stereocenters. The van der Waals surface area contributed by atoms with Crippen LogP contribution in [0, 0.1) is 5.41 Å². The second kappa shape index (κ2) is 4.86. The first-order valence-corrected chi connectivity index (χ1v) is 7.02. The molecule has 2 fully saturated rings. The molecule has 1 amide bonds. The Balaban J connectivity index is 2.10. The fourth-order valence-electron chi connectivity index (χ4n) is 2.39. The topological polar surface area (TPSA) is 69.6 Å². The van der Waals surface area contributed by atoms with Gasteiger partial charge in [-0.25, -0.2) is 4.79 Å². The van der Waals surface area contributed by atoms with Gasteiger partial charge in [0.15, 0.2) is 0 Å². The quantitative estimate of drug-likeness (QED) is 0.748. The molecule has 2 aliphatic rings. The highest BCUT2D eigenvalue weighted by Crippen LogP contribution is 2.34. The maximum absolute atomic E-state index is 12.5. The van der Waals surface area contributed by atoms with Crippen LogP contribution in [0.15, 0.2) is 0 Å². The molecule has 5 nitrogen and oxygen atoms in total. The zero-order valence-corrected chi connectivity index (χ0v) is 10.8. The highest BCUT2D eigenvalue weighted by Gasteiger charge is 2.43. The summed E-state index contributed by atoms with van der Waals surface area (Å²) in [5, 5.41) is 12.3. The van der Waals surface area contributed by atoms with E-state index >= 15 is 0 Å². The van der Waals surface area contributed by atoms with Crippen LogP contribution >= 0.6 is 11.8 Å². The summed E-state index contributed by atoms with van der Waals surface area (Å²) < 4.78 is 0. The van der Waals surface area contributed by atoms with Gasteiger partial charge in [-0.1, -0.05) is 6.92 Å². The molecule has 2 saturated heterocycles. The van der Waals surface area contributed by atoms with Crippen LogP contribution in [0.4, 0.5) is 0 Å². The lowest BCUT2D eigenvalue weighted by Crippen LogP contribution is -2.51. The Bertz CT molecular complexity index is 329. The number of carbonyl (C=O) groups is 2. The molecule has 0 aliphatic carbocycles. The highest BCUT2D eigenvalue weighted by atomic mass is 32.2. The summed E-state index contributed by atoms with van der Waals surface area (Å²) in [7, 11) is 0. The number of rotatable bonds is 2. The lowest BCUT2D eigenvalue weighted by Gasteiger charge is -2.36. The van der Waals surface area contributed by atoms with Crippen molar-refractivity contribution in [2.75, 3.05) is 24.7 Å². The van der Waals surface area contributed by atoms with E-state index in [0.29, 0.717) is 11.6 Å². The predicted molar refractivity (Wildman–Crippen MR) is 65.8 cm³/mol. The first-order valence-electron chi connectivity index (χ1n) is 5.87. The van der Waals surface area contributed by atoms with E-state index in [1.807, 2.05) is 6.92 Å². The van der Waals surface area contributed by atoms with Crippen LogP contribution in [0.25, 0.3) is 0 Å². The minimum absolute atomic E-state index is 0.0106. The SMILES string of the molecule is CC1(C(=O)N2CSCC2C(=O)O)CCNCC1. The number of carboxylic acids is 1. The third kappa shape index (κ3) is 2.42. The van der Waals surface area contributed by atoms with Crippen LogP contribution in [0.1, 0.15) is 19.8 Å². The van der Waals surface area contributed by atoms with Crippen LogP contribution in [0.5, 0.6) is 0 Å². The van der Waals surface area contributed by atoms with Gasteiger partial charge in [0.05, 0.1) is 5.88 Å². The normalized spacial score (nSPS) is 28.1. The second-order valence-corrected chi connectivity index (χ2v) is 5.94. The molecule has 96 valence electrons. The van der Waals surface area contributed by atoms with Crippen molar-refractivity contribution in [3.8, 4) is 0 Å².